The Morgan fingerprint density at radius 2 is 1.89 bits per heavy atom. The number of nitrogens with zero attached hydrogens (tertiary/aromatic N) is 3. The van der Waals surface area contributed by atoms with E-state index in [4.69, 9.17) is 5.73 Å². The van der Waals surface area contributed by atoms with Crippen molar-refractivity contribution in [2.24, 2.45) is 5.73 Å². The highest BCUT2D eigenvalue weighted by molar-refractivity contribution is 9.10. The molecule has 0 saturated heterocycles. The van der Waals surface area contributed by atoms with Crippen LogP contribution in [0, 0.1) is 6.92 Å². The molecule has 0 aliphatic rings. The van der Waals surface area contributed by atoms with Gasteiger partial charge < -0.3 is 10.7 Å². The second-order valence-corrected chi connectivity index (χ2v) is 6.99. The van der Waals surface area contributed by atoms with Crippen molar-refractivity contribution in [1.82, 2.24) is 19.5 Å². The van der Waals surface area contributed by atoms with Gasteiger partial charge in [0.15, 0.2) is 17.2 Å². The number of halogens is 1. The molecule has 0 fully saturated rings. The highest BCUT2D eigenvalue weighted by Gasteiger charge is 2.20. The predicted octanol–water partition coefficient (Wildman–Crippen LogP) is 2.95. The molecule has 0 aliphatic carbocycles. The minimum absolute atomic E-state index is 0.0297. The van der Waals surface area contributed by atoms with Gasteiger partial charge in [0.25, 0.3) is 5.91 Å². The lowest BCUT2D eigenvalue weighted by Gasteiger charge is -2.07. The number of imidazole rings is 1. The van der Waals surface area contributed by atoms with Crippen molar-refractivity contribution in [3.63, 3.8) is 0 Å². The molecular weight excluding hydrogens is 410 g/mol. The molecule has 8 heteroatoms. The number of carbonyl (C=O) groups is 1. The summed E-state index contributed by atoms with van der Waals surface area (Å²) in [5.74, 6) is -0.437. The van der Waals surface area contributed by atoms with Crippen molar-refractivity contribution in [3.8, 4) is 17.1 Å². The van der Waals surface area contributed by atoms with E-state index < -0.39 is 11.6 Å². The monoisotopic (exact) mass is 423 g/mol. The van der Waals surface area contributed by atoms with E-state index >= 15 is 0 Å². The number of carbonyl (C=O) groups excluding carboxylic acids is 1. The van der Waals surface area contributed by atoms with Crippen LogP contribution in [0.5, 0.6) is 0 Å². The Bertz CT molecular complexity index is 1240. The van der Waals surface area contributed by atoms with E-state index in [0.717, 1.165) is 10.0 Å². The average molecular weight is 424 g/mol. The van der Waals surface area contributed by atoms with Gasteiger partial charge in [-0.2, -0.15) is 0 Å². The number of aromatic amines is 1. The minimum atomic E-state index is -0.740. The Morgan fingerprint density at radius 3 is 2.56 bits per heavy atom. The largest absolute Gasteiger partial charge is 0.364 e. The van der Waals surface area contributed by atoms with Crippen LogP contribution in [-0.2, 0) is 0 Å². The van der Waals surface area contributed by atoms with Gasteiger partial charge in [0, 0.05) is 10.0 Å². The number of H-pyrrole nitrogens is 1. The Balaban J connectivity index is 2.06. The first-order chi connectivity index (χ1) is 12.9. The van der Waals surface area contributed by atoms with E-state index in [-0.39, 0.29) is 11.2 Å². The van der Waals surface area contributed by atoms with Gasteiger partial charge >= 0.3 is 5.69 Å². The minimum Gasteiger partial charge on any atom is -0.364 e. The highest BCUT2D eigenvalue weighted by atomic mass is 79.9. The van der Waals surface area contributed by atoms with E-state index in [1.54, 1.807) is 0 Å². The normalized spacial score (nSPS) is 11.0. The summed E-state index contributed by atoms with van der Waals surface area (Å²) in [6, 6.07) is 14.8. The van der Waals surface area contributed by atoms with Crippen molar-refractivity contribution in [2.45, 2.75) is 6.92 Å². The maximum absolute atomic E-state index is 12.6. The number of hydrogen-bond donors (Lipinski definition) is 2. The molecule has 134 valence electrons. The fraction of sp³-hybridized carbons (Fsp3) is 0.0526. The maximum Gasteiger partial charge on any atom is 0.332 e. The molecule has 1 amide bonds. The fourth-order valence-electron chi connectivity index (χ4n) is 2.85. The zero-order valence-electron chi connectivity index (χ0n) is 14.2. The number of aryl methyl sites for hydroxylation is 1. The van der Waals surface area contributed by atoms with E-state index in [9.17, 15) is 9.59 Å². The zero-order valence-corrected chi connectivity index (χ0v) is 15.8. The molecule has 0 aliphatic heterocycles. The van der Waals surface area contributed by atoms with Crippen molar-refractivity contribution in [1.29, 1.82) is 0 Å². The molecule has 3 N–H and O–H groups in total. The third-order valence-corrected chi connectivity index (χ3v) is 4.64. The topological polar surface area (TPSA) is 107 Å². The number of primary amides is 1. The zero-order chi connectivity index (χ0) is 19.1. The molecule has 4 rings (SSSR count). The summed E-state index contributed by atoms with van der Waals surface area (Å²) < 4.78 is 2.25. The Morgan fingerprint density at radius 1 is 1.15 bits per heavy atom. The van der Waals surface area contributed by atoms with Crippen LogP contribution in [-0.4, -0.2) is 25.4 Å². The number of amides is 1. The van der Waals surface area contributed by atoms with Gasteiger partial charge in [-0.25, -0.2) is 19.3 Å². The van der Waals surface area contributed by atoms with E-state index in [1.807, 2.05) is 55.5 Å². The molecule has 4 aromatic rings. The van der Waals surface area contributed by atoms with Gasteiger partial charge in [0.2, 0.25) is 0 Å². The molecule has 0 saturated carbocycles. The summed E-state index contributed by atoms with van der Waals surface area (Å²) in [6.07, 6.45) is 0. The van der Waals surface area contributed by atoms with Crippen molar-refractivity contribution >= 4 is 33.0 Å². The lowest BCUT2D eigenvalue weighted by atomic mass is 10.2. The average Bonchev–Trinajstić information content (AvgIpc) is 2.97. The first-order valence-electron chi connectivity index (χ1n) is 8.09. The number of nitrogens with one attached hydrogen (secondary N) is 1. The van der Waals surface area contributed by atoms with Crippen molar-refractivity contribution < 1.29 is 4.79 Å². The van der Waals surface area contributed by atoms with Crippen LogP contribution in [0.15, 0.2) is 57.8 Å². The van der Waals surface area contributed by atoms with Crippen LogP contribution in [0.1, 0.15) is 16.1 Å². The lowest BCUT2D eigenvalue weighted by molar-refractivity contribution is 0.0997. The van der Waals surface area contributed by atoms with Gasteiger partial charge in [-0.1, -0.05) is 45.8 Å². The maximum atomic E-state index is 12.6. The number of aromatic nitrogens is 4. The molecule has 2 aromatic heterocycles. The van der Waals surface area contributed by atoms with Gasteiger partial charge in [0.1, 0.15) is 5.52 Å². The summed E-state index contributed by atoms with van der Waals surface area (Å²) in [7, 11) is 0. The quantitative estimate of drug-likeness (QED) is 0.527. The van der Waals surface area contributed by atoms with Gasteiger partial charge in [-0.15, -0.1) is 0 Å². The summed E-state index contributed by atoms with van der Waals surface area (Å²) in [5.41, 5.74) is 7.95. The number of nitrogens with two attached hydrogens (primary N) is 1. The molecule has 7 nitrogen and oxygen atoms in total. The molecule has 2 heterocycles. The van der Waals surface area contributed by atoms with Gasteiger partial charge in [0.05, 0.1) is 5.69 Å². The standard InChI is InChI=1S/C19H14BrN5O2/c1-10-5-7-13(8-6-10)25-18-15(23-19(25)27)14(16(21)26)22-17(24-18)11-3-2-4-12(20)9-11/h2-9H,1H3,(H2,21,26)(H,23,27). The third-order valence-electron chi connectivity index (χ3n) is 4.15. The Labute approximate surface area is 162 Å². The number of fused-ring (bicyclic) bond motifs is 1. The summed E-state index contributed by atoms with van der Waals surface area (Å²) >= 11 is 3.41. The molecule has 0 radical (unpaired) electrons. The first-order valence-corrected chi connectivity index (χ1v) is 8.89. The van der Waals surface area contributed by atoms with Crippen LogP contribution in [0.4, 0.5) is 0 Å². The summed E-state index contributed by atoms with van der Waals surface area (Å²) in [5, 5.41) is 0. The number of hydrogen-bond acceptors (Lipinski definition) is 4. The molecule has 0 atom stereocenters. The Kier molecular flexibility index (Phi) is 4.12. The van der Waals surface area contributed by atoms with Gasteiger partial charge in [-0.05, 0) is 31.2 Å². The van der Waals surface area contributed by atoms with Gasteiger partial charge in [-0.3, -0.25) is 4.79 Å². The van der Waals surface area contributed by atoms with E-state index in [2.05, 4.69) is 30.9 Å². The predicted molar refractivity (Wildman–Crippen MR) is 106 cm³/mol. The fourth-order valence-corrected chi connectivity index (χ4v) is 3.25. The molecule has 0 unspecified atom stereocenters. The van der Waals surface area contributed by atoms with Crippen LogP contribution >= 0.6 is 15.9 Å². The van der Waals surface area contributed by atoms with Crippen LogP contribution in [0.2, 0.25) is 0 Å². The SMILES string of the molecule is Cc1ccc(-n2c(=O)[nH]c3c(C(N)=O)nc(-c4cccc(Br)c4)nc32)cc1. The second kappa shape index (κ2) is 6.48. The molecule has 0 bridgehead atoms. The lowest BCUT2D eigenvalue weighted by Crippen LogP contribution is -2.15. The summed E-state index contributed by atoms with van der Waals surface area (Å²) in [6.45, 7) is 1.96. The number of benzene rings is 2. The van der Waals surface area contributed by atoms with Crippen LogP contribution < -0.4 is 11.4 Å². The smallest absolute Gasteiger partial charge is 0.332 e. The van der Waals surface area contributed by atoms with Crippen LogP contribution in [0.25, 0.3) is 28.2 Å². The first kappa shape index (κ1) is 17.2. The van der Waals surface area contributed by atoms with Crippen molar-refractivity contribution in [3.05, 3.63) is 74.7 Å². The van der Waals surface area contributed by atoms with E-state index in [1.165, 1.54) is 4.57 Å². The highest BCUT2D eigenvalue weighted by Crippen LogP contribution is 2.24. The third kappa shape index (κ3) is 3.04. The second-order valence-electron chi connectivity index (χ2n) is 6.07. The number of rotatable bonds is 3. The summed E-state index contributed by atoms with van der Waals surface area (Å²) in [4.78, 5) is 36.0. The molecule has 0 spiro atoms. The molecular formula is C19H14BrN5O2. The Hall–Kier alpha value is -3.26. The van der Waals surface area contributed by atoms with E-state index in [0.29, 0.717) is 22.7 Å². The van der Waals surface area contributed by atoms with Crippen molar-refractivity contribution in [2.75, 3.05) is 0 Å². The molecule has 2 aromatic carbocycles. The van der Waals surface area contributed by atoms with Crippen LogP contribution in [0.3, 0.4) is 0 Å². The molecule has 27 heavy (non-hydrogen) atoms.